The molecule has 8 nitrogen and oxygen atoms in total. The van der Waals surface area contributed by atoms with Gasteiger partial charge in [0.1, 0.15) is 11.3 Å². The quantitative estimate of drug-likeness (QED) is 0.202. The molecule has 202 valence electrons. The molecule has 1 aromatic heterocycles. The maximum atomic E-state index is 13.2. The highest BCUT2D eigenvalue weighted by molar-refractivity contribution is 6.27. The van der Waals surface area contributed by atoms with Crippen molar-refractivity contribution in [3.8, 4) is 5.75 Å². The average molecular weight is 544 g/mol. The number of para-hydroxylation sites is 1. The highest BCUT2D eigenvalue weighted by Crippen LogP contribution is 2.42. The van der Waals surface area contributed by atoms with Crippen molar-refractivity contribution in [2.45, 2.75) is 19.4 Å². The van der Waals surface area contributed by atoms with E-state index in [1.807, 2.05) is 71.7 Å². The van der Waals surface area contributed by atoms with Crippen LogP contribution in [0.1, 0.15) is 51.2 Å². The molecule has 0 saturated carbocycles. The Hall–Kier alpha value is -5.24. The van der Waals surface area contributed by atoms with E-state index < -0.39 is 5.63 Å². The summed E-state index contributed by atoms with van der Waals surface area (Å²) in [6.45, 7) is 2.08. The number of hydrazone groups is 1. The lowest BCUT2D eigenvalue weighted by Crippen LogP contribution is -2.40. The molecule has 1 atom stereocenters. The molecule has 3 heterocycles. The van der Waals surface area contributed by atoms with Crippen molar-refractivity contribution in [2.24, 2.45) is 5.10 Å². The second-order valence-electron chi connectivity index (χ2n) is 10.1. The van der Waals surface area contributed by atoms with Crippen LogP contribution in [-0.2, 0) is 0 Å². The van der Waals surface area contributed by atoms with Gasteiger partial charge in [-0.3, -0.25) is 19.5 Å². The van der Waals surface area contributed by atoms with Crippen molar-refractivity contribution in [2.75, 3.05) is 18.7 Å². The van der Waals surface area contributed by atoms with Crippen LogP contribution in [-0.4, -0.2) is 36.1 Å². The van der Waals surface area contributed by atoms with Gasteiger partial charge in [-0.15, -0.1) is 0 Å². The van der Waals surface area contributed by atoms with Gasteiger partial charge in [0.2, 0.25) is 0 Å². The Balaban J connectivity index is 1.42. The van der Waals surface area contributed by atoms with E-state index in [9.17, 15) is 14.4 Å². The minimum atomic E-state index is -0.453. The standard InChI is InChI=1S/C33H25N3O5/c1-3-35-31(37)23-9-6-8-22-27(16-15-24(30(22)23)32(35)38)36-28(19-11-13-21(40-2)14-12-19)18-26(34-36)25-17-20-7-4-5-10-29(20)41-33(25)39/h4-17,28H,3,18H2,1-2H3. The molecule has 0 N–H and O–H groups in total. The van der Waals surface area contributed by atoms with Crippen molar-refractivity contribution in [1.82, 2.24) is 4.90 Å². The number of hydrogen-bond donors (Lipinski definition) is 0. The summed E-state index contributed by atoms with van der Waals surface area (Å²) in [7, 11) is 1.62. The Kier molecular flexibility index (Phi) is 5.71. The summed E-state index contributed by atoms with van der Waals surface area (Å²) in [5.74, 6) is 0.117. The second-order valence-corrected chi connectivity index (χ2v) is 10.1. The molecule has 1 unspecified atom stereocenters. The monoisotopic (exact) mass is 543 g/mol. The predicted octanol–water partition coefficient (Wildman–Crippen LogP) is 5.93. The smallest absolute Gasteiger partial charge is 0.345 e. The second kappa shape index (κ2) is 9.45. The summed E-state index contributed by atoms with van der Waals surface area (Å²) in [6, 6.07) is 25.8. The normalized spacial score (nSPS) is 16.5. The van der Waals surface area contributed by atoms with Gasteiger partial charge in [-0.1, -0.05) is 42.5 Å². The van der Waals surface area contributed by atoms with Gasteiger partial charge in [0.15, 0.2) is 0 Å². The lowest BCUT2D eigenvalue weighted by Gasteiger charge is -2.29. The first-order valence-electron chi connectivity index (χ1n) is 13.4. The van der Waals surface area contributed by atoms with Crippen molar-refractivity contribution < 1.29 is 18.7 Å². The van der Waals surface area contributed by atoms with E-state index in [-0.39, 0.29) is 17.9 Å². The number of ether oxygens (including phenoxy) is 1. The summed E-state index contributed by atoms with van der Waals surface area (Å²) in [5, 5.41) is 9.05. The Morgan fingerprint density at radius 1 is 0.878 bits per heavy atom. The largest absolute Gasteiger partial charge is 0.497 e. The number of imide groups is 1. The number of benzene rings is 4. The number of amides is 2. The fraction of sp³-hybridized carbons (Fsp3) is 0.152. The van der Waals surface area contributed by atoms with Gasteiger partial charge in [0, 0.05) is 40.3 Å². The highest BCUT2D eigenvalue weighted by Gasteiger charge is 2.36. The molecule has 41 heavy (non-hydrogen) atoms. The lowest BCUT2D eigenvalue weighted by atomic mass is 9.92. The van der Waals surface area contributed by atoms with E-state index in [2.05, 4.69) is 0 Å². The molecule has 2 aliphatic heterocycles. The van der Waals surface area contributed by atoms with Gasteiger partial charge >= 0.3 is 5.63 Å². The molecule has 4 aromatic carbocycles. The van der Waals surface area contributed by atoms with Gasteiger partial charge in [0.05, 0.1) is 30.1 Å². The maximum absolute atomic E-state index is 13.2. The van der Waals surface area contributed by atoms with Gasteiger partial charge < -0.3 is 9.15 Å². The Bertz CT molecular complexity index is 1950. The Morgan fingerprint density at radius 2 is 1.63 bits per heavy atom. The summed E-state index contributed by atoms with van der Waals surface area (Å²) in [4.78, 5) is 40.8. The summed E-state index contributed by atoms with van der Waals surface area (Å²) >= 11 is 0. The zero-order valence-corrected chi connectivity index (χ0v) is 22.5. The van der Waals surface area contributed by atoms with E-state index in [1.165, 1.54) is 4.90 Å². The van der Waals surface area contributed by atoms with Gasteiger partial charge in [0.25, 0.3) is 11.8 Å². The molecule has 2 amide bonds. The SMILES string of the molecule is CCN1C(=O)c2cccc3c(N4N=C(c5cc6ccccc6oc5=O)CC4c4ccc(OC)cc4)ccc(c23)C1=O. The number of carbonyl (C=O) groups excluding carboxylic acids is 2. The molecule has 7 rings (SSSR count). The van der Waals surface area contributed by atoms with E-state index in [4.69, 9.17) is 14.3 Å². The topological polar surface area (TPSA) is 92.4 Å². The fourth-order valence-corrected chi connectivity index (χ4v) is 5.86. The molecule has 0 aliphatic carbocycles. The average Bonchev–Trinajstić information content (AvgIpc) is 3.44. The van der Waals surface area contributed by atoms with Gasteiger partial charge in [-0.2, -0.15) is 5.10 Å². The van der Waals surface area contributed by atoms with Crippen molar-refractivity contribution in [3.63, 3.8) is 0 Å². The highest BCUT2D eigenvalue weighted by atomic mass is 16.5. The Morgan fingerprint density at radius 3 is 2.39 bits per heavy atom. The lowest BCUT2D eigenvalue weighted by molar-refractivity contribution is 0.0619. The van der Waals surface area contributed by atoms with Crippen molar-refractivity contribution in [3.05, 3.63) is 118 Å². The molecular weight excluding hydrogens is 518 g/mol. The molecular formula is C33H25N3O5. The number of methoxy groups -OCH3 is 1. The molecule has 0 fully saturated rings. The molecule has 0 saturated heterocycles. The summed E-state index contributed by atoms with van der Waals surface area (Å²) in [6.07, 6.45) is 0.444. The zero-order chi connectivity index (χ0) is 28.2. The maximum Gasteiger partial charge on any atom is 0.345 e. The summed E-state index contributed by atoms with van der Waals surface area (Å²) in [5.41, 5.74) is 3.73. The van der Waals surface area contributed by atoms with Crippen LogP contribution in [0.25, 0.3) is 21.7 Å². The Labute approximate surface area is 235 Å². The first-order chi connectivity index (χ1) is 20.0. The van der Waals surface area contributed by atoms with Crippen LogP contribution < -0.4 is 15.4 Å². The number of anilines is 1. The molecule has 2 aliphatic rings. The minimum absolute atomic E-state index is 0.263. The molecule has 0 bridgehead atoms. The number of fused-ring (bicyclic) bond motifs is 1. The van der Waals surface area contributed by atoms with Crippen LogP contribution >= 0.6 is 0 Å². The first-order valence-corrected chi connectivity index (χ1v) is 13.4. The van der Waals surface area contributed by atoms with E-state index in [0.29, 0.717) is 46.3 Å². The fourth-order valence-electron chi connectivity index (χ4n) is 5.86. The molecule has 5 aromatic rings. The third-order valence-electron chi connectivity index (χ3n) is 7.90. The number of nitrogens with zero attached hydrogens (tertiary/aromatic N) is 3. The van der Waals surface area contributed by atoms with Crippen LogP contribution in [0.15, 0.2) is 99.2 Å². The predicted molar refractivity (Wildman–Crippen MR) is 157 cm³/mol. The van der Waals surface area contributed by atoms with E-state index >= 15 is 0 Å². The third-order valence-corrected chi connectivity index (χ3v) is 7.90. The number of hydrogen-bond acceptors (Lipinski definition) is 7. The number of rotatable bonds is 5. The van der Waals surface area contributed by atoms with Crippen LogP contribution in [0, 0.1) is 0 Å². The number of carbonyl (C=O) groups is 2. The van der Waals surface area contributed by atoms with Crippen molar-refractivity contribution >= 4 is 45.0 Å². The van der Waals surface area contributed by atoms with Crippen LogP contribution in [0.3, 0.4) is 0 Å². The van der Waals surface area contributed by atoms with E-state index in [1.54, 1.807) is 32.2 Å². The molecule has 0 spiro atoms. The zero-order valence-electron chi connectivity index (χ0n) is 22.5. The van der Waals surface area contributed by atoms with E-state index in [0.717, 1.165) is 27.8 Å². The van der Waals surface area contributed by atoms with Gasteiger partial charge in [-0.25, -0.2) is 4.79 Å². The van der Waals surface area contributed by atoms with Crippen molar-refractivity contribution in [1.29, 1.82) is 0 Å². The minimum Gasteiger partial charge on any atom is -0.497 e. The molecule has 0 radical (unpaired) electrons. The first kappa shape index (κ1) is 24.8. The van der Waals surface area contributed by atoms with Crippen LogP contribution in [0.2, 0.25) is 0 Å². The van der Waals surface area contributed by atoms with Crippen LogP contribution in [0.5, 0.6) is 5.75 Å². The van der Waals surface area contributed by atoms with Crippen LogP contribution in [0.4, 0.5) is 5.69 Å². The molecule has 8 heteroatoms. The van der Waals surface area contributed by atoms with Gasteiger partial charge in [-0.05, 0) is 55.0 Å². The summed E-state index contributed by atoms with van der Waals surface area (Å²) < 4.78 is 11.0. The third kappa shape index (κ3) is 3.82.